The molecule has 0 unspecified atom stereocenters. The minimum absolute atomic E-state index is 0.198. The number of halogens is 1. The zero-order valence-electron chi connectivity index (χ0n) is 10.6. The molecule has 1 N–H and O–H groups in total. The van der Waals surface area contributed by atoms with Gasteiger partial charge in [0, 0.05) is 21.1 Å². The molecule has 0 fully saturated rings. The smallest absolute Gasteiger partial charge is 0.255 e. The molecule has 4 nitrogen and oxygen atoms in total. The van der Waals surface area contributed by atoms with Crippen molar-refractivity contribution in [2.24, 2.45) is 0 Å². The Balaban J connectivity index is 2.15. The van der Waals surface area contributed by atoms with Crippen LogP contribution in [-0.4, -0.2) is 20.6 Å². The Morgan fingerprint density at radius 2 is 1.55 bits per heavy atom. The lowest BCUT2D eigenvalue weighted by molar-refractivity contribution is 0.102. The highest BCUT2D eigenvalue weighted by molar-refractivity contribution is 14.1. The molecule has 1 amide bonds. The highest BCUT2D eigenvalue weighted by Crippen LogP contribution is 2.14. The van der Waals surface area contributed by atoms with Gasteiger partial charge in [-0.05, 0) is 71.1 Å². The number of hydrogen-bond donors (Lipinski definition) is 1. The van der Waals surface area contributed by atoms with Crippen LogP contribution in [0.25, 0.3) is 0 Å². The summed E-state index contributed by atoms with van der Waals surface area (Å²) in [6.45, 7) is 0. The van der Waals surface area contributed by atoms with Gasteiger partial charge in [-0.1, -0.05) is 0 Å². The molecule has 0 bridgehead atoms. The van der Waals surface area contributed by atoms with E-state index in [4.69, 9.17) is 0 Å². The van der Waals surface area contributed by atoms with Gasteiger partial charge in [0.15, 0.2) is 9.84 Å². The number of hydrogen-bond acceptors (Lipinski definition) is 3. The third-order valence-electron chi connectivity index (χ3n) is 2.65. The number of rotatable bonds is 3. The molecule has 0 saturated carbocycles. The Morgan fingerprint density at radius 3 is 2.05 bits per heavy atom. The first-order valence-electron chi connectivity index (χ1n) is 5.73. The Labute approximate surface area is 131 Å². The zero-order valence-corrected chi connectivity index (χ0v) is 13.6. The molecular formula is C14H12INO3S. The van der Waals surface area contributed by atoms with Crippen LogP contribution in [0.1, 0.15) is 10.4 Å². The molecule has 2 rings (SSSR count). The van der Waals surface area contributed by atoms with Gasteiger partial charge in [-0.15, -0.1) is 0 Å². The lowest BCUT2D eigenvalue weighted by Crippen LogP contribution is -2.12. The van der Waals surface area contributed by atoms with Crippen LogP contribution in [-0.2, 0) is 9.84 Å². The Kier molecular flexibility index (Phi) is 4.44. The fraction of sp³-hybridized carbons (Fsp3) is 0.0714. The quantitative estimate of drug-likeness (QED) is 0.805. The fourth-order valence-electron chi connectivity index (χ4n) is 1.59. The van der Waals surface area contributed by atoms with E-state index in [1.165, 1.54) is 24.3 Å². The summed E-state index contributed by atoms with van der Waals surface area (Å²) in [4.78, 5) is 12.2. The molecule has 0 aliphatic heterocycles. The normalized spacial score (nSPS) is 11.1. The lowest BCUT2D eigenvalue weighted by Gasteiger charge is -2.06. The molecule has 0 heterocycles. The van der Waals surface area contributed by atoms with E-state index in [1.807, 2.05) is 24.3 Å². The van der Waals surface area contributed by atoms with E-state index in [1.54, 1.807) is 0 Å². The van der Waals surface area contributed by atoms with Crippen molar-refractivity contribution in [1.29, 1.82) is 0 Å². The number of carbonyl (C=O) groups is 1. The molecule has 0 aliphatic carbocycles. The highest BCUT2D eigenvalue weighted by Gasteiger charge is 2.10. The Hall–Kier alpha value is -1.41. The van der Waals surface area contributed by atoms with E-state index in [-0.39, 0.29) is 10.8 Å². The van der Waals surface area contributed by atoms with Gasteiger partial charge in [-0.25, -0.2) is 8.42 Å². The molecule has 0 spiro atoms. The molecule has 0 atom stereocenters. The van der Waals surface area contributed by atoms with Gasteiger partial charge in [-0.2, -0.15) is 0 Å². The first-order valence-corrected chi connectivity index (χ1v) is 8.70. The van der Waals surface area contributed by atoms with E-state index in [2.05, 4.69) is 27.9 Å². The molecule has 0 aromatic heterocycles. The summed E-state index contributed by atoms with van der Waals surface area (Å²) in [6, 6.07) is 13.3. The predicted molar refractivity (Wildman–Crippen MR) is 86.7 cm³/mol. The minimum Gasteiger partial charge on any atom is -0.322 e. The second kappa shape index (κ2) is 5.92. The van der Waals surface area contributed by atoms with Gasteiger partial charge in [0.25, 0.3) is 5.91 Å². The molecule has 0 radical (unpaired) electrons. The number of carbonyl (C=O) groups excluding carboxylic acids is 1. The van der Waals surface area contributed by atoms with E-state index >= 15 is 0 Å². The maximum Gasteiger partial charge on any atom is 0.255 e. The Bertz CT molecular complexity index is 722. The van der Waals surface area contributed by atoms with E-state index in [0.717, 1.165) is 9.83 Å². The molecule has 6 heteroatoms. The predicted octanol–water partition coefficient (Wildman–Crippen LogP) is 2.95. The average molecular weight is 401 g/mol. The van der Waals surface area contributed by atoms with Crippen molar-refractivity contribution in [2.45, 2.75) is 4.90 Å². The molecule has 0 saturated heterocycles. The van der Waals surface area contributed by atoms with Crippen molar-refractivity contribution in [3.63, 3.8) is 0 Å². The van der Waals surface area contributed by atoms with Crippen LogP contribution in [0.3, 0.4) is 0 Å². The van der Waals surface area contributed by atoms with Crippen LogP contribution in [0.5, 0.6) is 0 Å². The summed E-state index contributed by atoms with van der Waals surface area (Å²) in [5.74, 6) is -0.272. The summed E-state index contributed by atoms with van der Waals surface area (Å²) in [5, 5.41) is 2.75. The van der Waals surface area contributed by atoms with Gasteiger partial charge in [0.1, 0.15) is 0 Å². The first-order chi connectivity index (χ1) is 9.36. The van der Waals surface area contributed by atoms with Crippen molar-refractivity contribution in [1.82, 2.24) is 0 Å². The molecule has 2 aromatic carbocycles. The van der Waals surface area contributed by atoms with Crippen molar-refractivity contribution in [3.05, 3.63) is 57.7 Å². The zero-order chi connectivity index (χ0) is 14.8. The third kappa shape index (κ3) is 3.80. The van der Waals surface area contributed by atoms with Crippen molar-refractivity contribution in [2.75, 3.05) is 11.6 Å². The highest BCUT2D eigenvalue weighted by atomic mass is 127. The standard InChI is InChI=1S/C14H12INO3S/c1-20(18,19)13-8-2-10(3-9-13)14(17)16-12-6-4-11(15)5-7-12/h2-9H,1H3,(H,16,17). The largest absolute Gasteiger partial charge is 0.322 e. The van der Waals surface area contributed by atoms with E-state index in [9.17, 15) is 13.2 Å². The van der Waals surface area contributed by atoms with E-state index in [0.29, 0.717) is 11.3 Å². The monoisotopic (exact) mass is 401 g/mol. The number of benzene rings is 2. The first kappa shape index (κ1) is 15.0. The molecule has 2 aromatic rings. The fourth-order valence-corrected chi connectivity index (χ4v) is 2.58. The van der Waals surface area contributed by atoms with Crippen molar-refractivity contribution < 1.29 is 13.2 Å². The Morgan fingerprint density at radius 1 is 1.00 bits per heavy atom. The van der Waals surface area contributed by atoms with E-state index < -0.39 is 9.84 Å². The number of sulfone groups is 1. The van der Waals surface area contributed by atoms with Crippen molar-refractivity contribution in [3.8, 4) is 0 Å². The van der Waals surface area contributed by atoms with Crippen LogP contribution < -0.4 is 5.32 Å². The molecule has 20 heavy (non-hydrogen) atoms. The van der Waals surface area contributed by atoms with Gasteiger partial charge in [0.05, 0.1) is 4.90 Å². The van der Waals surface area contributed by atoms with Crippen LogP contribution >= 0.6 is 22.6 Å². The van der Waals surface area contributed by atoms with Crippen LogP contribution in [0.15, 0.2) is 53.4 Å². The minimum atomic E-state index is -3.24. The van der Waals surface area contributed by atoms with Crippen LogP contribution in [0.4, 0.5) is 5.69 Å². The SMILES string of the molecule is CS(=O)(=O)c1ccc(C(=O)Nc2ccc(I)cc2)cc1. The number of nitrogens with one attached hydrogen (secondary N) is 1. The summed E-state index contributed by atoms with van der Waals surface area (Å²) in [5.41, 5.74) is 1.11. The topological polar surface area (TPSA) is 63.2 Å². The maximum atomic E-state index is 12.0. The average Bonchev–Trinajstić information content (AvgIpc) is 2.40. The lowest BCUT2D eigenvalue weighted by atomic mass is 10.2. The van der Waals surface area contributed by atoms with Gasteiger partial charge in [-0.3, -0.25) is 4.79 Å². The van der Waals surface area contributed by atoms with Crippen LogP contribution in [0.2, 0.25) is 0 Å². The summed E-state index contributed by atoms with van der Waals surface area (Å²) in [6.07, 6.45) is 1.13. The summed E-state index contributed by atoms with van der Waals surface area (Å²) >= 11 is 2.18. The molecule has 104 valence electrons. The van der Waals surface area contributed by atoms with Gasteiger partial charge >= 0.3 is 0 Å². The van der Waals surface area contributed by atoms with Gasteiger partial charge in [0.2, 0.25) is 0 Å². The number of anilines is 1. The number of amides is 1. The summed E-state index contributed by atoms with van der Waals surface area (Å²) < 4.78 is 23.8. The van der Waals surface area contributed by atoms with Gasteiger partial charge < -0.3 is 5.32 Å². The second-order valence-corrected chi connectivity index (χ2v) is 7.52. The van der Waals surface area contributed by atoms with Crippen molar-refractivity contribution >= 4 is 44.0 Å². The summed E-state index contributed by atoms with van der Waals surface area (Å²) in [7, 11) is -3.24. The van der Waals surface area contributed by atoms with Crippen LogP contribution in [0, 0.1) is 3.57 Å². The maximum absolute atomic E-state index is 12.0. The third-order valence-corrected chi connectivity index (χ3v) is 4.49. The second-order valence-electron chi connectivity index (χ2n) is 4.26. The molecular weight excluding hydrogens is 389 g/mol. The molecule has 0 aliphatic rings.